The Hall–Kier alpha value is -1.58. The van der Waals surface area contributed by atoms with Crippen LogP contribution in [-0.2, 0) is 21.4 Å². The van der Waals surface area contributed by atoms with Crippen LogP contribution in [0.2, 0.25) is 0 Å². The SMILES string of the molecule is Cc1nc(C2CCCN2S(=O)(=O)N(C)C)nc2c1CCC(=O)N2CCC(C)C. The number of nitrogens with zero attached hydrogens (tertiary/aromatic N) is 5. The average Bonchev–Trinajstić information content (AvgIpc) is 3.10. The van der Waals surface area contributed by atoms with Gasteiger partial charge >= 0.3 is 0 Å². The summed E-state index contributed by atoms with van der Waals surface area (Å²) in [6.07, 6.45) is 3.47. The maximum Gasteiger partial charge on any atom is 0.282 e. The number of rotatable bonds is 6. The largest absolute Gasteiger partial charge is 0.296 e. The molecule has 0 saturated carbocycles. The third-order valence-corrected chi connectivity index (χ3v) is 7.50. The Morgan fingerprint density at radius 1 is 1.21 bits per heavy atom. The van der Waals surface area contributed by atoms with Crippen molar-refractivity contribution in [1.82, 2.24) is 18.6 Å². The lowest BCUT2D eigenvalue weighted by atomic mass is 10.0. The molecule has 1 amide bonds. The molecule has 1 unspecified atom stereocenters. The van der Waals surface area contributed by atoms with E-state index in [2.05, 4.69) is 18.8 Å². The van der Waals surface area contributed by atoms with Gasteiger partial charge in [-0.25, -0.2) is 9.97 Å². The molecule has 0 N–H and O–H groups in total. The molecule has 2 aliphatic rings. The molecular weight excluding hydrogens is 378 g/mol. The fourth-order valence-electron chi connectivity index (χ4n) is 3.85. The zero-order chi connectivity index (χ0) is 20.6. The predicted molar refractivity (Wildman–Crippen MR) is 108 cm³/mol. The Bertz CT molecular complexity index is 853. The van der Waals surface area contributed by atoms with Crippen molar-refractivity contribution in [3.63, 3.8) is 0 Å². The molecule has 3 rings (SSSR count). The minimum absolute atomic E-state index is 0.0846. The molecule has 3 heterocycles. The lowest BCUT2D eigenvalue weighted by Crippen LogP contribution is -2.41. The number of anilines is 1. The van der Waals surface area contributed by atoms with Crippen molar-refractivity contribution in [2.45, 2.75) is 58.9 Å². The molecule has 1 atom stereocenters. The van der Waals surface area contributed by atoms with Crippen LogP contribution in [0.1, 0.15) is 62.7 Å². The molecule has 0 aliphatic carbocycles. The number of carbonyl (C=O) groups excluding carboxylic acids is 1. The van der Waals surface area contributed by atoms with E-state index in [-0.39, 0.29) is 11.9 Å². The first-order chi connectivity index (χ1) is 13.1. The molecule has 8 nitrogen and oxygen atoms in total. The zero-order valence-electron chi connectivity index (χ0n) is 17.5. The third-order valence-electron chi connectivity index (χ3n) is 5.54. The van der Waals surface area contributed by atoms with Crippen LogP contribution in [-0.4, -0.2) is 60.1 Å². The Balaban J connectivity index is 2.00. The van der Waals surface area contributed by atoms with E-state index in [0.717, 1.165) is 24.1 Å². The summed E-state index contributed by atoms with van der Waals surface area (Å²) in [4.78, 5) is 23.8. The normalized spacial score (nSPS) is 21.0. The molecular formula is C19H31N5O3S. The first-order valence-corrected chi connectivity index (χ1v) is 11.4. The smallest absolute Gasteiger partial charge is 0.282 e. The van der Waals surface area contributed by atoms with Crippen molar-refractivity contribution in [2.24, 2.45) is 5.92 Å². The van der Waals surface area contributed by atoms with Gasteiger partial charge in [0.05, 0.1) is 6.04 Å². The van der Waals surface area contributed by atoms with Crippen LogP contribution in [0, 0.1) is 12.8 Å². The lowest BCUT2D eigenvalue weighted by molar-refractivity contribution is -0.119. The molecule has 0 radical (unpaired) electrons. The highest BCUT2D eigenvalue weighted by molar-refractivity contribution is 7.86. The van der Waals surface area contributed by atoms with Crippen LogP contribution in [0.25, 0.3) is 0 Å². The van der Waals surface area contributed by atoms with E-state index in [4.69, 9.17) is 4.98 Å². The number of amides is 1. The molecule has 2 aliphatic heterocycles. The van der Waals surface area contributed by atoms with Gasteiger partial charge < -0.3 is 0 Å². The standard InChI is InChI=1S/C19H31N5O3S/c1-13(2)10-12-23-17(25)9-8-15-14(3)20-18(21-19(15)23)16-7-6-11-24(16)28(26,27)22(4)5/h13,16H,6-12H2,1-5H3. The fourth-order valence-corrected chi connectivity index (χ4v) is 5.15. The van der Waals surface area contributed by atoms with Gasteiger partial charge in [-0.05, 0) is 38.5 Å². The molecule has 1 aromatic rings. The van der Waals surface area contributed by atoms with Gasteiger partial charge in [0.15, 0.2) is 0 Å². The van der Waals surface area contributed by atoms with E-state index in [9.17, 15) is 13.2 Å². The molecule has 1 fully saturated rings. The zero-order valence-corrected chi connectivity index (χ0v) is 18.3. The van der Waals surface area contributed by atoms with Gasteiger partial charge in [-0.2, -0.15) is 17.0 Å². The van der Waals surface area contributed by atoms with Crippen LogP contribution >= 0.6 is 0 Å². The van der Waals surface area contributed by atoms with Crippen LogP contribution in [0.4, 0.5) is 5.82 Å². The number of carbonyl (C=O) groups is 1. The van der Waals surface area contributed by atoms with Crippen molar-refractivity contribution in [1.29, 1.82) is 0 Å². The molecule has 0 aromatic carbocycles. The number of fused-ring (bicyclic) bond motifs is 1. The van der Waals surface area contributed by atoms with Gasteiger partial charge in [0.2, 0.25) is 5.91 Å². The van der Waals surface area contributed by atoms with Crippen molar-refractivity contribution >= 4 is 21.9 Å². The fraction of sp³-hybridized carbons (Fsp3) is 0.737. The highest BCUT2D eigenvalue weighted by atomic mass is 32.2. The van der Waals surface area contributed by atoms with Crippen LogP contribution in [0.3, 0.4) is 0 Å². The van der Waals surface area contributed by atoms with E-state index in [0.29, 0.717) is 49.9 Å². The lowest BCUT2D eigenvalue weighted by Gasteiger charge is -2.31. The monoisotopic (exact) mass is 409 g/mol. The molecule has 0 spiro atoms. The second-order valence-electron chi connectivity index (χ2n) is 8.26. The summed E-state index contributed by atoms with van der Waals surface area (Å²) in [7, 11) is -0.472. The van der Waals surface area contributed by atoms with E-state index < -0.39 is 10.2 Å². The number of aromatic nitrogens is 2. The topological polar surface area (TPSA) is 86.7 Å². The number of aryl methyl sites for hydroxylation is 1. The number of hydrogen-bond acceptors (Lipinski definition) is 5. The summed E-state index contributed by atoms with van der Waals surface area (Å²) in [5.74, 6) is 1.74. The molecule has 9 heteroatoms. The van der Waals surface area contributed by atoms with E-state index in [1.807, 2.05) is 6.92 Å². The van der Waals surface area contributed by atoms with Gasteiger partial charge in [-0.3, -0.25) is 9.69 Å². The van der Waals surface area contributed by atoms with Gasteiger partial charge in [0.1, 0.15) is 11.6 Å². The highest BCUT2D eigenvalue weighted by Gasteiger charge is 2.39. The Labute approximate surface area is 168 Å². The summed E-state index contributed by atoms with van der Waals surface area (Å²) in [5, 5.41) is 0. The summed E-state index contributed by atoms with van der Waals surface area (Å²) in [6, 6.07) is -0.389. The van der Waals surface area contributed by atoms with E-state index >= 15 is 0 Å². The van der Waals surface area contributed by atoms with Crippen molar-refractivity contribution in [3.05, 3.63) is 17.1 Å². The minimum Gasteiger partial charge on any atom is -0.296 e. The highest BCUT2D eigenvalue weighted by Crippen LogP contribution is 2.36. The first-order valence-electron chi connectivity index (χ1n) is 10.00. The molecule has 1 aromatic heterocycles. The van der Waals surface area contributed by atoms with Crippen LogP contribution in [0.15, 0.2) is 0 Å². The summed E-state index contributed by atoms with van der Waals surface area (Å²) >= 11 is 0. The summed E-state index contributed by atoms with van der Waals surface area (Å²) in [6.45, 7) is 7.29. The van der Waals surface area contributed by atoms with Crippen LogP contribution in [0.5, 0.6) is 0 Å². The summed E-state index contributed by atoms with van der Waals surface area (Å²) < 4.78 is 28.1. The van der Waals surface area contributed by atoms with Gasteiger partial charge in [0.25, 0.3) is 10.2 Å². The van der Waals surface area contributed by atoms with Crippen molar-refractivity contribution < 1.29 is 13.2 Å². The first kappa shape index (κ1) is 21.1. The second kappa shape index (κ2) is 8.04. The Morgan fingerprint density at radius 3 is 2.57 bits per heavy atom. The van der Waals surface area contributed by atoms with Crippen molar-refractivity contribution in [2.75, 3.05) is 32.1 Å². The van der Waals surface area contributed by atoms with Gasteiger partial charge in [-0.1, -0.05) is 13.8 Å². The van der Waals surface area contributed by atoms with E-state index in [1.54, 1.807) is 4.90 Å². The van der Waals surface area contributed by atoms with Crippen LogP contribution < -0.4 is 4.90 Å². The van der Waals surface area contributed by atoms with Gasteiger partial charge in [-0.15, -0.1) is 0 Å². The summed E-state index contributed by atoms with van der Waals surface area (Å²) in [5.41, 5.74) is 1.85. The number of hydrogen-bond donors (Lipinski definition) is 0. The Morgan fingerprint density at radius 2 is 1.93 bits per heavy atom. The molecule has 28 heavy (non-hydrogen) atoms. The second-order valence-corrected chi connectivity index (χ2v) is 10.4. The van der Waals surface area contributed by atoms with E-state index in [1.165, 1.54) is 22.7 Å². The minimum atomic E-state index is -3.55. The molecule has 1 saturated heterocycles. The quantitative estimate of drug-likeness (QED) is 0.718. The average molecular weight is 410 g/mol. The maximum absolute atomic E-state index is 12.7. The molecule has 156 valence electrons. The van der Waals surface area contributed by atoms with Gasteiger partial charge in [0, 0.05) is 44.9 Å². The maximum atomic E-state index is 12.7. The predicted octanol–water partition coefficient (Wildman–Crippen LogP) is 2.05. The Kier molecular flexibility index (Phi) is 6.07. The van der Waals surface area contributed by atoms with Crippen molar-refractivity contribution in [3.8, 4) is 0 Å². The molecule has 0 bridgehead atoms. The third kappa shape index (κ3) is 3.92.